The molecule has 4 aromatic carbocycles. The Kier molecular flexibility index (Phi) is 10.4. The average Bonchev–Trinajstić information content (AvgIpc) is 3.40. The predicted molar refractivity (Wildman–Crippen MR) is 185 cm³/mol. The zero-order valence-corrected chi connectivity index (χ0v) is 27.3. The Labute approximate surface area is 277 Å². The van der Waals surface area contributed by atoms with Crippen LogP contribution in [0.4, 0.5) is 15.6 Å². The molecule has 1 aromatic heterocycles. The van der Waals surface area contributed by atoms with E-state index in [1.807, 2.05) is 36.4 Å². The number of benzene rings is 4. The van der Waals surface area contributed by atoms with Crippen LogP contribution in [0.3, 0.4) is 0 Å². The summed E-state index contributed by atoms with van der Waals surface area (Å²) in [6.45, 7) is 0.695. The van der Waals surface area contributed by atoms with E-state index in [-0.39, 0.29) is 18.5 Å². The molecule has 1 heterocycles. The third-order valence-electron chi connectivity index (χ3n) is 7.25. The first-order chi connectivity index (χ1) is 22.1. The molecule has 0 aliphatic rings. The number of nitrogens with one attached hydrogen (secondary N) is 2. The number of thiazole rings is 1. The van der Waals surface area contributed by atoms with Crippen molar-refractivity contribution in [3.05, 3.63) is 136 Å². The van der Waals surface area contributed by atoms with E-state index in [1.165, 1.54) is 0 Å². The highest BCUT2D eigenvalue weighted by Gasteiger charge is 2.22. The Morgan fingerprint density at radius 2 is 1.48 bits per heavy atom. The van der Waals surface area contributed by atoms with Crippen LogP contribution in [0.5, 0.6) is 0 Å². The van der Waals surface area contributed by atoms with Gasteiger partial charge in [0.15, 0.2) is 5.13 Å². The molecule has 5 aromatic rings. The highest BCUT2D eigenvalue weighted by atomic mass is 35.5. The van der Waals surface area contributed by atoms with E-state index in [0.29, 0.717) is 44.9 Å². The number of halogens is 1. The van der Waals surface area contributed by atoms with Crippen molar-refractivity contribution in [3.63, 3.8) is 0 Å². The fraction of sp³-hybridized carbons (Fsp3) is 0.147. The van der Waals surface area contributed by atoms with Crippen LogP contribution >= 0.6 is 22.9 Å². The number of hydrogen-bond donors (Lipinski definition) is 3. The third-order valence-corrected chi connectivity index (χ3v) is 9.03. The lowest BCUT2D eigenvalue weighted by Crippen LogP contribution is -2.36. The van der Waals surface area contributed by atoms with Crippen molar-refractivity contribution in [2.24, 2.45) is 5.73 Å². The average molecular weight is 674 g/mol. The molecule has 0 unspecified atom stereocenters. The maximum atomic E-state index is 13.8. The number of carbonyl (C=O) groups excluding carboxylic acids is 2. The molecule has 0 atom stereocenters. The number of nitrogens with two attached hydrogens (primary N) is 1. The van der Waals surface area contributed by atoms with Crippen LogP contribution in [0.15, 0.2) is 109 Å². The number of rotatable bonds is 12. The molecule has 46 heavy (non-hydrogen) atoms. The number of carbonyl (C=O) groups is 2. The molecular weight excluding hydrogens is 642 g/mol. The molecule has 0 saturated carbocycles. The molecule has 0 radical (unpaired) electrons. The van der Waals surface area contributed by atoms with Gasteiger partial charge < -0.3 is 10.6 Å². The number of amides is 3. The van der Waals surface area contributed by atoms with Gasteiger partial charge in [-0.2, -0.15) is 0 Å². The standard InChI is InChI=1S/C34H32ClN5O4S2/c1-46(43,44)39-28-18-16-26(17-19-28)30-31(35)45-33(37-30)38-34(42)40(22-23-12-14-27(15-13-23)32(36)41)21-20-29(24-8-4-2-5-9-24)25-10-6-3-7-11-25/h2-19,29,39H,20-22H2,1H3,(H2,36,41)(H,37,38,42). The molecule has 0 fully saturated rings. The van der Waals surface area contributed by atoms with Crippen LogP contribution in [0.2, 0.25) is 4.34 Å². The van der Waals surface area contributed by atoms with Crippen molar-refractivity contribution in [2.45, 2.75) is 18.9 Å². The predicted octanol–water partition coefficient (Wildman–Crippen LogP) is 7.19. The molecule has 0 aliphatic carbocycles. The Morgan fingerprint density at radius 1 is 0.891 bits per heavy atom. The fourth-order valence-electron chi connectivity index (χ4n) is 5.04. The number of primary amides is 1. The summed E-state index contributed by atoms with van der Waals surface area (Å²) in [6.07, 6.45) is 1.73. The lowest BCUT2D eigenvalue weighted by atomic mass is 9.88. The van der Waals surface area contributed by atoms with E-state index in [1.54, 1.807) is 53.4 Å². The Balaban J connectivity index is 1.37. The number of aromatic nitrogens is 1. The van der Waals surface area contributed by atoms with Crippen molar-refractivity contribution >= 4 is 55.7 Å². The second kappa shape index (κ2) is 14.6. The monoisotopic (exact) mass is 673 g/mol. The quantitative estimate of drug-likeness (QED) is 0.129. The minimum Gasteiger partial charge on any atom is -0.366 e. The van der Waals surface area contributed by atoms with Crippen molar-refractivity contribution in [1.29, 1.82) is 0 Å². The first-order valence-electron chi connectivity index (χ1n) is 14.3. The minimum atomic E-state index is -3.41. The molecule has 0 spiro atoms. The summed E-state index contributed by atoms with van der Waals surface area (Å²) in [5.41, 5.74) is 10.5. The molecule has 4 N–H and O–H groups in total. The molecule has 0 aliphatic heterocycles. The molecule has 0 saturated heterocycles. The summed E-state index contributed by atoms with van der Waals surface area (Å²) >= 11 is 7.67. The van der Waals surface area contributed by atoms with Crippen LogP contribution < -0.4 is 15.8 Å². The molecule has 0 bridgehead atoms. The number of hydrogen-bond acceptors (Lipinski definition) is 6. The topological polar surface area (TPSA) is 134 Å². The van der Waals surface area contributed by atoms with Crippen molar-refractivity contribution in [3.8, 4) is 11.3 Å². The van der Waals surface area contributed by atoms with E-state index in [2.05, 4.69) is 39.3 Å². The highest BCUT2D eigenvalue weighted by molar-refractivity contribution is 7.92. The van der Waals surface area contributed by atoms with Crippen molar-refractivity contribution in [1.82, 2.24) is 9.88 Å². The van der Waals surface area contributed by atoms with E-state index in [0.717, 1.165) is 34.3 Å². The van der Waals surface area contributed by atoms with E-state index in [4.69, 9.17) is 17.3 Å². The molecule has 9 nitrogen and oxygen atoms in total. The number of nitrogens with zero attached hydrogens (tertiary/aromatic N) is 2. The SMILES string of the molecule is CS(=O)(=O)Nc1ccc(-c2nc(NC(=O)N(CCC(c3ccccc3)c3ccccc3)Cc3ccc(C(N)=O)cc3)sc2Cl)cc1. The summed E-state index contributed by atoms with van der Waals surface area (Å²) in [6, 6.07) is 33.5. The van der Waals surface area contributed by atoms with Crippen LogP contribution in [0, 0.1) is 0 Å². The summed E-state index contributed by atoms with van der Waals surface area (Å²) in [5, 5.41) is 3.23. The maximum absolute atomic E-state index is 13.8. The van der Waals surface area contributed by atoms with Gasteiger partial charge >= 0.3 is 6.03 Å². The van der Waals surface area contributed by atoms with Gasteiger partial charge in [0, 0.05) is 35.8 Å². The van der Waals surface area contributed by atoms with Crippen LogP contribution in [0.25, 0.3) is 11.3 Å². The van der Waals surface area contributed by atoms with Gasteiger partial charge in [0.05, 0.1) is 6.26 Å². The number of sulfonamides is 1. The van der Waals surface area contributed by atoms with E-state index in [9.17, 15) is 18.0 Å². The Hall–Kier alpha value is -4.71. The van der Waals surface area contributed by atoms with Crippen molar-refractivity contribution < 1.29 is 18.0 Å². The third kappa shape index (κ3) is 8.72. The fourth-order valence-corrected chi connectivity index (χ4v) is 6.68. The second-order valence-corrected chi connectivity index (χ2v) is 14.0. The second-order valence-electron chi connectivity index (χ2n) is 10.7. The Bertz CT molecular complexity index is 1860. The van der Waals surface area contributed by atoms with Crippen LogP contribution in [-0.4, -0.2) is 43.0 Å². The number of anilines is 2. The molecule has 5 rings (SSSR count). The van der Waals surface area contributed by atoms with E-state index < -0.39 is 15.9 Å². The highest BCUT2D eigenvalue weighted by Crippen LogP contribution is 2.36. The lowest BCUT2D eigenvalue weighted by Gasteiger charge is -2.26. The van der Waals surface area contributed by atoms with Crippen LogP contribution in [0.1, 0.15) is 39.4 Å². The lowest BCUT2D eigenvalue weighted by molar-refractivity contribution is 0.1000. The van der Waals surface area contributed by atoms with Gasteiger partial charge in [-0.1, -0.05) is 108 Å². The minimum absolute atomic E-state index is 0.0519. The summed E-state index contributed by atoms with van der Waals surface area (Å²) in [4.78, 5) is 31.7. The van der Waals surface area contributed by atoms with Gasteiger partial charge in [0.1, 0.15) is 10.0 Å². The van der Waals surface area contributed by atoms with Crippen LogP contribution in [-0.2, 0) is 16.6 Å². The van der Waals surface area contributed by atoms with Gasteiger partial charge in [-0.15, -0.1) is 0 Å². The zero-order valence-electron chi connectivity index (χ0n) is 24.9. The molecular formula is C34H32ClN5O4S2. The zero-order chi connectivity index (χ0) is 32.7. The normalized spacial score (nSPS) is 11.3. The van der Waals surface area contributed by atoms with Gasteiger partial charge in [-0.05, 0) is 47.4 Å². The first kappa shape index (κ1) is 32.7. The van der Waals surface area contributed by atoms with Gasteiger partial charge in [0.2, 0.25) is 15.9 Å². The number of urea groups is 1. The largest absolute Gasteiger partial charge is 0.366 e. The molecule has 236 valence electrons. The van der Waals surface area contributed by atoms with Gasteiger partial charge in [-0.3, -0.25) is 14.8 Å². The first-order valence-corrected chi connectivity index (χ1v) is 17.4. The summed E-state index contributed by atoms with van der Waals surface area (Å²) in [5.74, 6) is -0.469. The summed E-state index contributed by atoms with van der Waals surface area (Å²) < 4.78 is 25.9. The maximum Gasteiger partial charge on any atom is 0.323 e. The van der Waals surface area contributed by atoms with Gasteiger partial charge in [-0.25, -0.2) is 18.2 Å². The summed E-state index contributed by atoms with van der Waals surface area (Å²) in [7, 11) is -3.41. The Morgan fingerprint density at radius 3 is 2.02 bits per heavy atom. The molecule has 12 heteroatoms. The molecule has 3 amide bonds. The van der Waals surface area contributed by atoms with E-state index >= 15 is 0 Å². The smallest absolute Gasteiger partial charge is 0.323 e. The van der Waals surface area contributed by atoms with Gasteiger partial charge in [0.25, 0.3) is 0 Å². The van der Waals surface area contributed by atoms with Crippen molar-refractivity contribution in [2.75, 3.05) is 22.8 Å².